The van der Waals surface area contributed by atoms with Gasteiger partial charge in [-0.05, 0) is 6.08 Å². The SMILES string of the molecule is C=C/C=N\N. The summed E-state index contributed by atoms with van der Waals surface area (Å²) >= 11 is 0. The molecular formula is C3H6N2. The first-order valence-electron chi connectivity index (χ1n) is 1.26. The van der Waals surface area contributed by atoms with Crippen molar-refractivity contribution in [3.8, 4) is 0 Å². The molecule has 0 aliphatic heterocycles. The van der Waals surface area contributed by atoms with Gasteiger partial charge in [0.25, 0.3) is 0 Å². The molecule has 5 heavy (non-hydrogen) atoms. The molecule has 0 radical (unpaired) electrons. The van der Waals surface area contributed by atoms with Gasteiger partial charge in [0.15, 0.2) is 0 Å². The Morgan fingerprint density at radius 1 is 1.80 bits per heavy atom. The normalized spacial score (nSPS) is 8.80. The van der Waals surface area contributed by atoms with Crippen molar-refractivity contribution in [1.82, 2.24) is 0 Å². The molecule has 2 heteroatoms. The molecule has 28 valence electrons. The van der Waals surface area contributed by atoms with E-state index in [2.05, 4.69) is 17.5 Å². The summed E-state index contributed by atoms with van der Waals surface area (Å²) in [5, 5.41) is 3.11. The number of nitrogens with two attached hydrogens (primary N) is 1. The van der Waals surface area contributed by atoms with Crippen LogP contribution >= 0.6 is 0 Å². The monoisotopic (exact) mass is 70.1 g/mol. The van der Waals surface area contributed by atoms with E-state index in [9.17, 15) is 0 Å². The van der Waals surface area contributed by atoms with Crippen LogP contribution in [0, 0.1) is 0 Å². The number of rotatable bonds is 1. The second-order valence-electron chi connectivity index (χ2n) is 0.534. The van der Waals surface area contributed by atoms with Gasteiger partial charge >= 0.3 is 0 Å². The van der Waals surface area contributed by atoms with Gasteiger partial charge in [-0.1, -0.05) is 6.58 Å². The molecule has 0 rings (SSSR count). The summed E-state index contributed by atoms with van der Waals surface area (Å²) in [7, 11) is 0. The van der Waals surface area contributed by atoms with Crippen molar-refractivity contribution in [2.24, 2.45) is 10.9 Å². The fraction of sp³-hybridized carbons (Fsp3) is 0. The molecule has 0 bridgehead atoms. The molecule has 0 saturated heterocycles. The van der Waals surface area contributed by atoms with Crippen molar-refractivity contribution < 1.29 is 0 Å². The minimum absolute atomic E-state index is 1.42. The van der Waals surface area contributed by atoms with Gasteiger partial charge in [-0.25, -0.2) is 0 Å². The molecular weight excluding hydrogens is 64.0 g/mol. The molecule has 0 heterocycles. The van der Waals surface area contributed by atoms with E-state index in [1.165, 1.54) is 12.3 Å². The lowest BCUT2D eigenvalue weighted by Gasteiger charge is -1.59. The summed E-state index contributed by atoms with van der Waals surface area (Å²) in [6, 6.07) is 0. The Hall–Kier alpha value is -0.790. The van der Waals surface area contributed by atoms with Gasteiger partial charge in [-0.2, -0.15) is 5.10 Å². The quantitative estimate of drug-likeness (QED) is 0.265. The van der Waals surface area contributed by atoms with Gasteiger partial charge in [-0.3, -0.25) is 0 Å². The molecule has 0 aliphatic carbocycles. The second kappa shape index (κ2) is 3.21. The topological polar surface area (TPSA) is 38.4 Å². The molecule has 0 fully saturated rings. The molecule has 0 aromatic heterocycles. The van der Waals surface area contributed by atoms with Gasteiger partial charge in [0, 0.05) is 6.21 Å². The first-order valence-corrected chi connectivity index (χ1v) is 1.26. The van der Waals surface area contributed by atoms with Crippen molar-refractivity contribution in [3.05, 3.63) is 12.7 Å². The zero-order valence-corrected chi connectivity index (χ0v) is 2.89. The van der Waals surface area contributed by atoms with Crippen LogP contribution in [-0.2, 0) is 0 Å². The number of hydrogen-bond donors (Lipinski definition) is 1. The highest BCUT2D eigenvalue weighted by molar-refractivity contribution is 5.69. The van der Waals surface area contributed by atoms with E-state index >= 15 is 0 Å². The lowest BCUT2D eigenvalue weighted by molar-refractivity contribution is 1.27. The van der Waals surface area contributed by atoms with Crippen LogP contribution in [0.1, 0.15) is 0 Å². The van der Waals surface area contributed by atoms with E-state index in [0.717, 1.165) is 0 Å². The van der Waals surface area contributed by atoms with E-state index in [1.807, 2.05) is 0 Å². The van der Waals surface area contributed by atoms with Crippen LogP contribution < -0.4 is 5.84 Å². The summed E-state index contributed by atoms with van der Waals surface area (Å²) in [5.41, 5.74) is 0. The number of hydrogen-bond acceptors (Lipinski definition) is 2. The van der Waals surface area contributed by atoms with Crippen molar-refractivity contribution in [3.63, 3.8) is 0 Å². The van der Waals surface area contributed by atoms with Gasteiger partial charge in [0.1, 0.15) is 0 Å². The highest BCUT2D eigenvalue weighted by Crippen LogP contribution is 1.44. The maximum atomic E-state index is 4.64. The number of nitrogens with zero attached hydrogens (tertiary/aromatic N) is 1. The molecule has 0 aliphatic rings. The van der Waals surface area contributed by atoms with E-state index in [0.29, 0.717) is 0 Å². The molecule has 0 unspecified atom stereocenters. The molecule has 0 aromatic rings. The minimum atomic E-state index is 1.42. The smallest absolute Gasteiger partial charge is 0.0459 e. The fourth-order valence-electron chi connectivity index (χ4n) is 0.0609. The van der Waals surface area contributed by atoms with Crippen LogP contribution in [0.25, 0.3) is 0 Å². The first kappa shape index (κ1) is 4.21. The molecule has 2 nitrogen and oxygen atoms in total. The Morgan fingerprint density at radius 3 is 2.40 bits per heavy atom. The average Bonchev–Trinajstić information content (AvgIpc) is 1.41. The van der Waals surface area contributed by atoms with Crippen LogP contribution in [0.15, 0.2) is 17.8 Å². The highest BCUT2D eigenvalue weighted by Gasteiger charge is 1.42. The molecule has 2 N–H and O–H groups in total. The third-order valence-corrected chi connectivity index (χ3v) is 0.191. The highest BCUT2D eigenvalue weighted by atomic mass is 15.1. The van der Waals surface area contributed by atoms with Crippen molar-refractivity contribution >= 4 is 6.21 Å². The van der Waals surface area contributed by atoms with Gasteiger partial charge in [0.05, 0.1) is 0 Å². The fourth-order valence-corrected chi connectivity index (χ4v) is 0.0609. The Labute approximate surface area is 31.0 Å². The van der Waals surface area contributed by atoms with E-state index < -0.39 is 0 Å². The zero-order chi connectivity index (χ0) is 4.12. The summed E-state index contributed by atoms with van der Waals surface area (Å²) < 4.78 is 0. The van der Waals surface area contributed by atoms with E-state index in [-0.39, 0.29) is 0 Å². The Bertz CT molecular complexity index is 46.9. The van der Waals surface area contributed by atoms with Crippen LogP contribution in [0.5, 0.6) is 0 Å². The third kappa shape index (κ3) is 3.21. The maximum Gasteiger partial charge on any atom is 0.0459 e. The maximum absolute atomic E-state index is 4.64. The second-order valence-corrected chi connectivity index (χ2v) is 0.534. The Kier molecular flexibility index (Phi) is 2.70. The third-order valence-electron chi connectivity index (χ3n) is 0.191. The largest absolute Gasteiger partial charge is 0.323 e. The first-order chi connectivity index (χ1) is 2.41. The van der Waals surface area contributed by atoms with Crippen LogP contribution in [0.4, 0.5) is 0 Å². The molecule has 0 aromatic carbocycles. The summed E-state index contributed by atoms with van der Waals surface area (Å²) in [6.45, 7) is 3.32. The van der Waals surface area contributed by atoms with Crippen LogP contribution in [-0.4, -0.2) is 6.21 Å². The predicted molar refractivity (Wildman–Crippen MR) is 22.9 cm³/mol. The van der Waals surface area contributed by atoms with E-state index in [1.54, 1.807) is 0 Å². The van der Waals surface area contributed by atoms with Gasteiger partial charge < -0.3 is 5.84 Å². The summed E-state index contributed by atoms with van der Waals surface area (Å²) in [6.07, 6.45) is 2.93. The summed E-state index contributed by atoms with van der Waals surface area (Å²) in [5.74, 6) is 4.64. The Morgan fingerprint density at radius 2 is 2.40 bits per heavy atom. The lowest BCUT2D eigenvalue weighted by atomic mass is 10.7. The predicted octanol–water partition coefficient (Wildman–Crippen LogP) is 0.117. The molecule has 0 saturated carbocycles. The summed E-state index contributed by atoms with van der Waals surface area (Å²) in [4.78, 5) is 0. The Balaban J connectivity index is 2.92. The standard InChI is InChI=1S/C3H6N2/c1-2-3-5-4/h2-3H,1,4H2/b5-3-. The van der Waals surface area contributed by atoms with Crippen molar-refractivity contribution in [1.29, 1.82) is 0 Å². The molecule has 0 amide bonds. The lowest BCUT2D eigenvalue weighted by Crippen LogP contribution is -1.75. The van der Waals surface area contributed by atoms with Crippen molar-refractivity contribution in [2.75, 3.05) is 0 Å². The van der Waals surface area contributed by atoms with Gasteiger partial charge in [-0.15, -0.1) is 0 Å². The number of allylic oxidation sites excluding steroid dienone is 1. The van der Waals surface area contributed by atoms with Gasteiger partial charge in [0.2, 0.25) is 0 Å². The molecule has 0 spiro atoms. The average molecular weight is 70.1 g/mol. The van der Waals surface area contributed by atoms with Crippen LogP contribution in [0.2, 0.25) is 0 Å². The molecule has 0 atom stereocenters. The number of hydrazone groups is 1. The van der Waals surface area contributed by atoms with Crippen LogP contribution in [0.3, 0.4) is 0 Å². The zero-order valence-electron chi connectivity index (χ0n) is 2.89. The van der Waals surface area contributed by atoms with Crippen molar-refractivity contribution in [2.45, 2.75) is 0 Å². The minimum Gasteiger partial charge on any atom is -0.323 e. The van der Waals surface area contributed by atoms with E-state index in [4.69, 9.17) is 0 Å².